The van der Waals surface area contributed by atoms with Crippen LogP contribution in [0.3, 0.4) is 0 Å². The second kappa shape index (κ2) is 25.9. The molecule has 68 heavy (non-hydrogen) atoms. The zero-order chi connectivity index (χ0) is 51.8. The summed E-state index contributed by atoms with van der Waals surface area (Å²) >= 11 is 0. The van der Waals surface area contributed by atoms with Gasteiger partial charge in [0.2, 0.25) is 5.91 Å². The van der Waals surface area contributed by atoms with Crippen molar-refractivity contribution in [2.24, 2.45) is 0 Å². The number of hydrogen-bond acceptors (Lipinski definition) is 14. The van der Waals surface area contributed by atoms with E-state index >= 15 is 0 Å². The van der Waals surface area contributed by atoms with Crippen LogP contribution in [0.5, 0.6) is 0 Å². The minimum Gasteiger partial charge on any atom is -0.444 e. The number of β-amino-alcohol motifs (C(OH)–C–C–N with tert-alkyl or cyclic N) is 1. The third-order valence-corrected chi connectivity index (χ3v) is 10.9. The molecule has 0 aromatic heterocycles. The molecule has 0 saturated carbocycles. The van der Waals surface area contributed by atoms with Crippen LogP contribution in [-0.4, -0.2) is 175 Å². The monoisotopic (exact) mass is 992 g/mol. The molecule has 2 N–H and O–H groups in total. The summed E-state index contributed by atoms with van der Waals surface area (Å²) < 4.78 is 79.9. The highest BCUT2D eigenvalue weighted by atomic mass is 32.2. The molecule has 4 amide bonds. The Kier molecular flexibility index (Phi) is 22.6. The fourth-order valence-corrected chi connectivity index (χ4v) is 7.95. The second-order valence-corrected chi connectivity index (χ2v) is 21.6. The zero-order valence-corrected chi connectivity index (χ0v) is 42.8. The average Bonchev–Trinajstić information content (AvgIpc) is 4.02. The maximum Gasteiger partial charge on any atom is 0.416 e. The van der Waals surface area contributed by atoms with Crippen molar-refractivity contribution in [3.05, 3.63) is 35.4 Å². The molecule has 0 spiro atoms. The van der Waals surface area contributed by atoms with Gasteiger partial charge in [-0.25, -0.2) is 14.4 Å². The first-order valence-electron chi connectivity index (χ1n) is 23.1. The molecule has 4 fully saturated rings. The van der Waals surface area contributed by atoms with E-state index in [-0.39, 0.29) is 43.2 Å². The van der Waals surface area contributed by atoms with E-state index in [1.54, 1.807) is 35.5 Å². The predicted molar refractivity (Wildman–Crippen MR) is 249 cm³/mol. The van der Waals surface area contributed by atoms with Gasteiger partial charge in [0.15, 0.2) is 6.19 Å². The van der Waals surface area contributed by atoms with Crippen LogP contribution in [0, 0.1) is 11.5 Å². The Bertz CT molecular complexity index is 1930. The Labute approximate surface area is 401 Å². The van der Waals surface area contributed by atoms with Gasteiger partial charge in [-0.2, -0.15) is 26.9 Å². The fourth-order valence-electron chi connectivity index (χ4n) is 7.30. The van der Waals surface area contributed by atoms with Crippen LogP contribution < -0.4 is 5.32 Å². The first-order chi connectivity index (χ1) is 31.2. The number of aliphatic hydroxyl groups excluding tert-OH is 1. The minimum atomic E-state index is -4.37. The molecule has 1 aromatic carbocycles. The van der Waals surface area contributed by atoms with E-state index in [9.17, 15) is 45.9 Å². The lowest BCUT2D eigenvalue weighted by Crippen LogP contribution is -2.42. The number of aliphatic hydroxyl groups is 1. The van der Waals surface area contributed by atoms with E-state index in [2.05, 4.69) is 18.4 Å². The van der Waals surface area contributed by atoms with Crippen molar-refractivity contribution in [1.29, 1.82) is 5.26 Å². The molecule has 4 aliphatic heterocycles. The van der Waals surface area contributed by atoms with Crippen LogP contribution in [0.25, 0.3) is 0 Å². The molecule has 4 heterocycles. The first-order valence-corrected chi connectivity index (χ1v) is 24.9. The fraction of sp³-hybridized carbons (Fsp3) is 0.761. The van der Waals surface area contributed by atoms with Crippen molar-refractivity contribution in [3.8, 4) is 6.19 Å². The number of nitrogens with one attached hydrogen (secondary N) is 1. The first kappa shape index (κ1) is 59.5. The van der Waals surface area contributed by atoms with Gasteiger partial charge >= 0.3 is 24.5 Å². The van der Waals surface area contributed by atoms with Crippen molar-refractivity contribution in [1.82, 2.24) is 29.8 Å². The number of amides is 4. The van der Waals surface area contributed by atoms with Crippen LogP contribution in [0.1, 0.15) is 113 Å². The highest BCUT2D eigenvalue weighted by Crippen LogP contribution is 2.29. The van der Waals surface area contributed by atoms with Gasteiger partial charge < -0.3 is 49.1 Å². The molecule has 5 rings (SSSR count). The van der Waals surface area contributed by atoms with Crippen molar-refractivity contribution in [2.75, 3.05) is 71.7 Å². The van der Waals surface area contributed by atoms with E-state index in [0.717, 1.165) is 50.9 Å². The molecular formula is C46H76F3N7O11S. The molecule has 388 valence electrons. The molecule has 0 radical (unpaired) electrons. The SMILES string of the molecule is CC(C)(C)OC(=O)N1CC[C@H](O)C1.CC(C)(C)OC(=O)N1CC[C@H](OS(C)(=O)=O)C1.CCN(C(=O)Cc1ccc(C(F)(F)F)cc1)[C@@H]1CCN(C#N)C1.CCN[C@@H]1CCN(C(=O)OC(C)(C)C)C1. The van der Waals surface area contributed by atoms with Gasteiger partial charge in [-0.05, 0) is 119 Å². The quantitative estimate of drug-likeness (QED) is 0.168. The topological polar surface area (TPSA) is 212 Å². The maximum absolute atomic E-state index is 12.5. The van der Waals surface area contributed by atoms with Crippen LogP contribution in [0.4, 0.5) is 27.6 Å². The predicted octanol–water partition coefficient (Wildman–Crippen LogP) is 6.22. The highest BCUT2D eigenvalue weighted by molar-refractivity contribution is 7.86. The number of likely N-dealkylation sites (N-methyl/N-ethyl adjacent to an activating group) is 2. The van der Waals surface area contributed by atoms with Gasteiger partial charge in [0, 0.05) is 58.4 Å². The van der Waals surface area contributed by atoms with Crippen molar-refractivity contribution >= 4 is 34.3 Å². The standard InChI is InChI=1S/C16H18F3N3O.C11H22N2O2.C10H19NO5S.C9H17NO3/c1-2-22(14-7-8-21(10-14)11-20)15(23)9-12-3-5-13(6-4-12)16(17,18)19;1-5-12-9-6-7-13(8-9)10(14)15-11(2,3)4;1-10(2,3)15-9(12)11-6-5-8(7-11)16-17(4,13)14;1-9(2,3)13-8(12)10-5-4-7(11)6-10/h3-6,14H,2,7-10H2,1H3;9,12H,5-8H2,1-4H3;8H,5-7H2,1-4H3;7,11H,4-6H2,1-3H3/t14-;9-;8-;7-/m1100/s1. The largest absolute Gasteiger partial charge is 0.444 e. The number of likely N-dealkylation sites (tertiary alicyclic amines) is 4. The summed E-state index contributed by atoms with van der Waals surface area (Å²) in [5, 5.41) is 21.4. The molecule has 0 bridgehead atoms. The average molecular weight is 992 g/mol. The Morgan fingerprint density at radius 3 is 1.65 bits per heavy atom. The minimum absolute atomic E-state index is 0.0124. The summed E-state index contributed by atoms with van der Waals surface area (Å²) in [6, 6.07) is 5.08. The van der Waals surface area contributed by atoms with Crippen molar-refractivity contribution < 1.29 is 64.3 Å². The normalized spacial score (nSPS) is 20.8. The number of nitriles is 1. The highest BCUT2D eigenvalue weighted by Gasteiger charge is 2.34. The van der Waals surface area contributed by atoms with Gasteiger partial charge in [0.25, 0.3) is 10.1 Å². The van der Waals surface area contributed by atoms with Gasteiger partial charge in [-0.15, -0.1) is 0 Å². The number of carbonyl (C=O) groups is 4. The third kappa shape index (κ3) is 23.1. The molecule has 4 aliphatic rings. The molecule has 1 aromatic rings. The third-order valence-electron chi connectivity index (χ3n) is 10.3. The second-order valence-electron chi connectivity index (χ2n) is 20.0. The number of hydrogen-bond donors (Lipinski definition) is 2. The molecule has 22 heteroatoms. The van der Waals surface area contributed by atoms with Crippen molar-refractivity contribution in [3.63, 3.8) is 0 Å². The van der Waals surface area contributed by atoms with E-state index < -0.39 is 50.9 Å². The number of rotatable bonds is 8. The zero-order valence-electron chi connectivity index (χ0n) is 42.0. The number of halogens is 3. The number of carbonyl (C=O) groups excluding carboxylic acids is 4. The maximum atomic E-state index is 12.5. The lowest BCUT2D eigenvalue weighted by molar-refractivity contribution is -0.137. The summed E-state index contributed by atoms with van der Waals surface area (Å²) in [5.74, 6) is -0.128. The lowest BCUT2D eigenvalue weighted by atomic mass is 10.1. The molecule has 0 unspecified atom stereocenters. The van der Waals surface area contributed by atoms with E-state index in [0.29, 0.717) is 63.7 Å². The summed E-state index contributed by atoms with van der Waals surface area (Å²) in [6.45, 7) is 26.3. The van der Waals surface area contributed by atoms with Gasteiger partial charge in [0.05, 0.1) is 43.0 Å². The summed E-state index contributed by atoms with van der Waals surface area (Å²) in [6.07, 6.45) is -0.116. The summed E-state index contributed by atoms with van der Waals surface area (Å²) in [7, 11) is -3.47. The van der Waals surface area contributed by atoms with E-state index in [1.807, 2.05) is 48.5 Å². The van der Waals surface area contributed by atoms with Crippen LogP contribution >= 0.6 is 0 Å². The lowest BCUT2D eigenvalue weighted by Gasteiger charge is -2.27. The Balaban J connectivity index is 0.000000319. The van der Waals surface area contributed by atoms with Crippen LogP contribution in [-0.2, 0) is 45.9 Å². The number of alkyl halides is 3. The molecule has 4 saturated heterocycles. The number of ether oxygens (including phenoxy) is 3. The Morgan fingerprint density at radius 2 is 1.24 bits per heavy atom. The van der Waals surface area contributed by atoms with E-state index in [1.165, 1.54) is 21.9 Å². The van der Waals surface area contributed by atoms with Crippen LogP contribution in [0.2, 0.25) is 0 Å². The smallest absolute Gasteiger partial charge is 0.416 e. The number of nitrogens with zero attached hydrogens (tertiary/aromatic N) is 6. The van der Waals surface area contributed by atoms with Gasteiger partial charge in [-0.3, -0.25) is 8.98 Å². The van der Waals surface area contributed by atoms with E-state index in [4.69, 9.17) is 23.7 Å². The molecule has 4 atom stereocenters. The van der Waals surface area contributed by atoms with Crippen molar-refractivity contribution in [2.45, 2.75) is 156 Å². The van der Waals surface area contributed by atoms with Gasteiger partial charge in [0.1, 0.15) is 16.8 Å². The van der Waals surface area contributed by atoms with Crippen LogP contribution in [0.15, 0.2) is 24.3 Å². The van der Waals surface area contributed by atoms with Gasteiger partial charge in [-0.1, -0.05) is 19.1 Å². The molecular weight excluding hydrogens is 916 g/mol. The molecule has 0 aliphatic carbocycles. The number of benzene rings is 1. The Morgan fingerprint density at radius 1 is 0.750 bits per heavy atom. The molecule has 18 nitrogen and oxygen atoms in total. The summed E-state index contributed by atoms with van der Waals surface area (Å²) in [4.78, 5) is 55.3. The Hall–Kier alpha value is -4.59. The summed E-state index contributed by atoms with van der Waals surface area (Å²) in [5.41, 5.74) is -1.57.